The van der Waals surface area contributed by atoms with Gasteiger partial charge in [0.2, 0.25) is 10.0 Å². The van der Waals surface area contributed by atoms with Crippen molar-refractivity contribution in [1.29, 1.82) is 0 Å². The summed E-state index contributed by atoms with van der Waals surface area (Å²) in [6.07, 6.45) is 1.76. The smallest absolute Gasteiger partial charge is 0.207 e. The second kappa shape index (κ2) is 5.91. The Morgan fingerprint density at radius 3 is 2.38 bits per heavy atom. The lowest BCUT2D eigenvalue weighted by Gasteiger charge is -2.25. The van der Waals surface area contributed by atoms with Crippen molar-refractivity contribution in [3.05, 3.63) is 64.6 Å². The first kappa shape index (κ1) is 14.8. The Labute approximate surface area is 133 Å². The maximum Gasteiger partial charge on any atom is 0.244 e. The van der Waals surface area contributed by atoms with Crippen molar-refractivity contribution in [3.63, 3.8) is 0 Å². The fourth-order valence-corrected chi connectivity index (χ4v) is 5.46. The molecule has 0 amide bonds. The van der Waals surface area contributed by atoms with E-state index in [1.165, 1.54) is 0 Å². The third-order valence-corrected chi connectivity index (χ3v) is 6.73. The summed E-state index contributed by atoms with van der Waals surface area (Å²) in [6, 6.07) is 16.8. The van der Waals surface area contributed by atoms with E-state index in [-0.39, 0.29) is 6.04 Å². The Bertz CT molecular complexity index is 731. The highest BCUT2D eigenvalue weighted by Gasteiger charge is 2.36. The van der Waals surface area contributed by atoms with Crippen LogP contribution in [0, 0.1) is 0 Å². The molecule has 0 N–H and O–H groups in total. The van der Waals surface area contributed by atoms with Gasteiger partial charge in [0.05, 0.1) is 10.9 Å². The van der Waals surface area contributed by atoms with Gasteiger partial charge in [0.15, 0.2) is 0 Å². The van der Waals surface area contributed by atoms with Gasteiger partial charge >= 0.3 is 0 Å². The highest BCUT2D eigenvalue weighted by atomic mass is 79.9. The van der Waals surface area contributed by atoms with Crippen LogP contribution < -0.4 is 0 Å². The third-order valence-electron chi connectivity index (χ3n) is 3.81. The summed E-state index contributed by atoms with van der Waals surface area (Å²) < 4.78 is 28.1. The first-order chi connectivity index (χ1) is 10.1. The first-order valence-electron chi connectivity index (χ1n) is 6.92. The molecule has 5 heteroatoms. The van der Waals surface area contributed by atoms with Gasteiger partial charge in [0.1, 0.15) is 0 Å². The van der Waals surface area contributed by atoms with E-state index >= 15 is 0 Å². The summed E-state index contributed by atoms with van der Waals surface area (Å²) in [7, 11) is -3.48. The molecule has 1 atom stereocenters. The lowest BCUT2D eigenvalue weighted by Crippen LogP contribution is -2.30. The molecule has 1 aliphatic rings. The van der Waals surface area contributed by atoms with Gasteiger partial charge in [-0.25, -0.2) is 8.42 Å². The number of rotatable bonds is 3. The molecule has 0 unspecified atom stereocenters. The molecule has 0 radical (unpaired) electrons. The molecule has 1 fully saturated rings. The Balaban J connectivity index is 2.01. The Kier molecular flexibility index (Phi) is 4.15. The molecule has 2 aromatic rings. The van der Waals surface area contributed by atoms with Crippen molar-refractivity contribution >= 4 is 26.0 Å². The number of benzene rings is 2. The Morgan fingerprint density at radius 1 is 1.00 bits per heavy atom. The number of hydrogen-bond donors (Lipinski definition) is 0. The van der Waals surface area contributed by atoms with Crippen molar-refractivity contribution in [3.8, 4) is 0 Å². The fourth-order valence-electron chi connectivity index (χ4n) is 2.82. The van der Waals surface area contributed by atoms with E-state index in [4.69, 9.17) is 0 Å². The van der Waals surface area contributed by atoms with Crippen LogP contribution in [-0.2, 0) is 10.0 Å². The Morgan fingerprint density at radius 2 is 1.67 bits per heavy atom. The predicted molar refractivity (Wildman–Crippen MR) is 86.5 cm³/mol. The number of halogens is 1. The van der Waals surface area contributed by atoms with Gasteiger partial charge in [-0.15, -0.1) is 0 Å². The van der Waals surface area contributed by atoms with Crippen molar-refractivity contribution < 1.29 is 8.42 Å². The SMILES string of the molecule is O=S(=O)(c1ccccc1Br)N1CCC[C@H]1c1ccccc1. The van der Waals surface area contributed by atoms with E-state index in [1.54, 1.807) is 22.5 Å². The van der Waals surface area contributed by atoms with Gasteiger partial charge in [0, 0.05) is 11.0 Å². The predicted octanol–water partition coefficient (Wildman–Crippen LogP) is 3.97. The van der Waals surface area contributed by atoms with Crippen molar-refractivity contribution in [2.45, 2.75) is 23.8 Å². The second-order valence-corrected chi connectivity index (χ2v) is 7.83. The molecular weight excluding hydrogens is 350 g/mol. The number of hydrogen-bond acceptors (Lipinski definition) is 2. The Hall–Kier alpha value is -1.17. The molecule has 3 rings (SSSR count). The van der Waals surface area contributed by atoms with Gasteiger partial charge in [-0.05, 0) is 46.5 Å². The zero-order valence-electron chi connectivity index (χ0n) is 11.4. The van der Waals surface area contributed by atoms with E-state index < -0.39 is 10.0 Å². The van der Waals surface area contributed by atoms with Gasteiger partial charge in [-0.3, -0.25) is 0 Å². The maximum atomic E-state index is 12.9. The zero-order chi connectivity index (χ0) is 14.9. The van der Waals surface area contributed by atoms with Crippen LogP contribution in [0.15, 0.2) is 64.0 Å². The second-order valence-electron chi connectivity index (χ2n) is 5.11. The minimum atomic E-state index is -3.48. The van der Waals surface area contributed by atoms with Gasteiger partial charge < -0.3 is 0 Å². The van der Waals surface area contributed by atoms with Crippen LogP contribution >= 0.6 is 15.9 Å². The normalized spacial score (nSPS) is 19.8. The summed E-state index contributed by atoms with van der Waals surface area (Å²) >= 11 is 3.35. The van der Waals surface area contributed by atoms with Crippen molar-refractivity contribution in [2.24, 2.45) is 0 Å². The van der Waals surface area contributed by atoms with Crippen LogP contribution in [0.2, 0.25) is 0 Å². The topological polar surface area (TPSA) is 37.4 Å². The monoisotopic (exact) mass is 365 g/mol. The molecule has 110 valence electrons. The van der Waals surface area contributed by atoms with Crippen LogP contribution in [0.5, 0.6) is 0 Å². The van der Waals surface area contributed by atoms with E-state index in [1.807, 2.05) is 36.4 Å². The molecule has 1 saturated heterocycles. The minimum absolute atomic E-state index is 0.0664. The molecule has 0 bridgehead atoms. The van der Waals surface area contributed by atoms with Crippen molar-refractivity contribution in [1.82, 2.24) is 4.31 Å². The summed E-state index contributed by atoms with van der Waals surface area (Å²) in [5.41, 5.74) is 1.06. The molecule has 0 aromatic heterocycles. The molecule has 3 nitrogen and oxygen atoms in total. The van der Waals surface area contributed by atoms with E-state index in [0.717, 1.165) is 18.4 Å². The van der Waals surface area contributed by atoms with Gasteiger partial charge in [0.25, 0.3) is 0 Å². The average molecular weight is 366 g/mol. The summed E-state index contributed by atoms with van der Waals surface area (Å²) in [4.78, 5) is 0.341. The molecule has 1 heterocycles. The van der Waals surface area contributed by atoms with Gasteiger partial charge in [-0.1, -0.05) is 42.5 Å². The summed E-state index contributed by atoms with van der Waals surface area (Å²) in [5, 5.41) is 0. The van der Waals surface area contributed by atoms with E-state index in [0.29, 0.717) is 15.9 Å². The average Bonchev–Trinajstić information content (AvgIpc) is 2.99. The lowest BCUT2D eigenvalue weighted by molar-refractivity contribution is 0.396. The number of sulfonamides is 1. The summed E-state index contributed by atoms with van der Waals surface area (Å²) in [5.74, 6) is 0. The lowest BCUT2D eigenvalue weighted by atomic mass is 10.1. The molecule has 0 aliphatic carbocycles. The minimum Gasteiger partial charge on any atom is -0.207 e. The van der Waals surface area contributed by atoms with Crippen molar-refractivity contribution in [2.75, 3.05) is 6.54 Å². The van der Waals surface area contributed by atoms with Crippen LogP contribution in [0.25, 0.3) is 0 Å². The van der Waals surface area contributed by atoms with Crippen LogP contribution in [0.3, 0.4) is 0 Å². The standard InChI is InChI=1S/C16H16BrNO2S/c17-14-9-4-5-11-16(14)21(19,20)18-12-6-10-15(18)13-7-2-1-3-8-13/h1-5,7-9,11,15H,6,10,12H2/t15-/m0/s1. The van der Waals surface area contributed by atoms with Gasteiger partial charge in [-0.2, -0.15) is 4.31 Å². The molecule has 0 spiro atoms. The van der Waals surface area contributed by atoms with Crippen LogP contribution in [0.1, 0.15) is 24.4 Å². The molecule has 1 aliphatic heterocycles. The van der Waals surface area contributed by atoms with E-state index in [2.05, 4.69) is 15.9 Å². The highest BCUT2D eigenvalue weighted by Crippen LogP contribution is 2.37. The first-order valence-corrected chi connectivity index (χ1v) is 9.15. The molecular formula is C16H16BrNO2S. The zero-order valence-corrected chi connectivity index (χ0v) is 13.8. The summed E-state index contributed by atoms with van der Waals surface area (Å²) in [6.45, 7) is 0.573. The van der Waals surface area contributed by atoms with Crippen LogP contribution in [0.4, 0.5) is 0 Å². The maximum absolute atomic E-state index is 12.9. The van der Waals surface area contributed by atoms with E-state index in [9.17, 15) is 8.42 Å². The van der Waals surface area contributed by atoms with Crippen LogP contribution in [-0.4, -0.2) is 19.3 Å². The number of nitrogens with zero attached hydrogens (tertiary/aromatic N) is 1. The largest absolute Gasteiger partial charge is 0.244 e. The fraction of sp³-hybridized carbons (Fsp3) is 0.250. The third kappa shape index (κ3) is 2.78. The molecule has 21 heavy (non-hydrogen) atoms. The highest BCUT2D eigenvalue weighted by molar-refractivity contribution is 9.10. The molecule has 0 saturated carbocycles. The molecule has 2 aromatic carbocycles. The quantitative estimate of drug-likeness (QED) is 0.824.